The smallest absolute Gasteiger partial charge is 0.0616 e. The second-order valence-electron chi connectivity index (χ2n) is 4.20. The number of rotatable bonds is 7. The molecule has 0 aliphatic rings. The van der Waals surface area contributed by atoms with Crippen molar-refractivity contribution in [1.82, 2.24) is 5.32 Å². The van der Waals surface area contributed by atoms with Crippen molar-refractivity contribution >= 4 is 11.3 Å². The Hall–Kier alpha value is -0.380. The number of hydrogen-bond acceptors (Lipinski definition) is 3. The maximum absolute atomic E-state index is 5.37. The first kappa shape index (κ1) is 13.7. The van der Waals surface area contributed by atoms with Crippen molar-refractivity contribution in [2.45, 2.75) is 40.2 Å². The van der Waals surface area contributed by atoms with Gasteiger partial charge in [-0.15, -0.1) is 11.3 Å². The highest BCUT2D eigenvalue weighted by Crippen LogP contribution is 2.20. The Morgan fingerprint density at radius 3 is 2.75 bits per heavy atom. The second-order valence-corrected chi connectivity index (χ2v) is 5.66. The third kappa shape index (κ3) is 4.64. The van der Waals surface area contributed by atoms with Crippen molar-refractivity contribution in [3.63, 3.8) is 0 Å². The third-order valence-electron chi connectivity index (χ3n) is 2.60. The Morgan fingerprint density at radius 2 is 2.19 bits per heavy atom. The van der Waals surface area contributed by atoms with Crippen LogP contribution in [0.2, 0.25) is 0 Å². The van der Waals surface area contributed by atoms with Gasteiger partial charge < -0.3 is 10.1 Å². The summed E-state index contributed by atoms with van der Waals surface area (Å²) in [4.78, 5) is 2.87. The molecule has 1 heterocycles. The highest BCUT2D eigenvalue weighted by molar-refractivity contribution is 7.12. The summed E-state index contributed by atoms with van der Waals surface area (Å²) in [5.41, 5.74) is 1.48. The highest BCUT2D eigenvalue weighted by atomic mass is 32.1. The fourth-order valence-electron chi connectivity index (χ4n) is 1.74. The molecule has 3 heteroatoms. The van der Waals surface area contributed by atoms with Crippen molar-refractivity contribution in [2.24, 2.45) is 0 Å². The third-order valence-corrected chi connectivity index (χ3v) is 3.61. The van der Waals surface area contributed by atoms with Gasteiger partial charge in [-0.25, -0.2) is 0 Å². The Bertz CT molecular complexity index is 309. The maximum atomic E-state index is 5.37. The lowest BCUT2D eigenvalue weighted by atomic mass is 10.2. The van der Waals surface area contributed by atoms with Crippen LogP contribution in [0.25, 0.3) is 0 Å². The van der Waals surface area contributed by atoms with E-state index < -0.39 is 0 Å². The Kier molecular flexibility index (Phi) is 6.03. The molecule has 0 saturated heterocycles. The predicted octanol–water partition coefficient (Wildman–Crippen LogP) is 2.92. The molecule has 1 rings (SSSR count). The van der Waals surface area contributed by atoms with Gasteiger partial charge in [0, 0.05) is 22.4 Å². The fraction of sp³-hybridized carbons (Fsp3) is 0.692. The largest absolute Gasteiger partial charge is 0.380 e. The molecule has 0 amide bonds. The Labute approximate surface area is 103 Å². The zero-order valence-corrected chi connectivity index (χ0v) is 11.6. The van der Waals surface area contributed by atoms with E-state index >= 15 is 0 Å². The van der Waals surface area contributed by atoms with E-state index in [0.717, 1.165) is 26.2 Å². The average molecular weight is 241 g/mol. The summed E-state index contributed by atoms with van der Waals surface area (Å²) in [5.74, 6) is 0. The topological polar surface area (TPSA) is 21.3 Å². The summed E-state index contributed by atoms with van der Waals surface area (Å²) in [6, 6.07) is 2.74. The van der Waals surface area contributed by atoms with Crippen LogP contribution in [0.4, 0.5) is 0 Å². The van der Waals surface area contributed by atoms with E-state index in [0.29, 0.717) is 6.04 Å². The number of hydrogen-bond donors (Lipinski definition) is 1. The first-order valence-corrected chi connectivity index (χ1v) is 6.82. The van der Waals surface area contributed by atoms with Crippen LogP contribution >= 0.6 is 11.3 Å². The van der Waals surface area contributed by atoms with Crippen LogP contribution < -0.4 is 5.32 Å². The van der Waals surface area contributed by atoms with E-state index in [9.17, 15) is 0 Å². The molecular formula is C13H23NOS. The summed E-state index contributed by atoms with van der Waals surface area (Å²) < 4.78 is 5.37. The minimum atomic E-state index is 0.444. The summed E-state index contributed by atoms with van der Waals surface area (Å²) in [6.45, 7) is 11.2. The molecule has 0 radical (unpaired) electrons. The molecular weight excluding hydrogens is 218 g/mol. The maximum Gasteiger partial charge on any atom is 0.0616 e. The Balaban J connectivity index is 2.22. The van der Waals surface area contributed by atoms with Gasteiger partial charge >= 0.3 is 0 Å². The fourth-order valence-corrected chi connectivity index (χ4v) is 2.71. The zero-order chi connectivity index (χ0) is 12.0. The Morgan fingerprint density at radius 1 is 1.44 bits per heavy atom. The van der Waals surface area contributed by atoms with Crippen LogP contribution in [0.3, 0.4) is 0 Å². The predicted molar refractivity (Wildman–Crippen MR) is 71.5 cm³/mol. The summed E-state index contributed by atoms with van der Waals surface area (Å²) >= 11 is 1.89. The van der Waals surface area contributed by atoms with Crippen molar-refractivity contribution in [3.8, 4) is 0 Å². The average Bonchev–Trinajstić information content (AvgIpc) is 2.55. The molecule has 0 fully saturated rings. The number of aryl methyl sites for hydroxylation is 2. The molecule has 0 bridgehead atoms. The number of nitrogens with one attached hydrogen (secondary N) is 1. The van der Waals surface area contributed by atoms with Crippen LogP contribution in [-0.2, 0) is 11.2 Å². The van der Waals surface area contributed by atoms with Crippen LogP contribution in [0, 0.1) is 13.8 Å². The van der Waals surface area contributed by atoms with Gasteiger partial charge in [0.25, 0.3) is 0 Å². The van der Waals surface area contributed by atoms with Gasteiger partial charge in [-0.2, -0.15) is 0 Å². The molecule has 1 aromatic rings. The molecule has 0 aliphatic carbocycles. The summed E-state index contributed by atoms with van der Waals surface area (Å²) in [6.07, 6.45) is 1.12. The van der Waals surface area contributed by atoms with Crippen molar-refractivity contribution in [3.05, 3.63) is 21.4 Å². The number of thiophene rings is 1. The lowest BCUT2D eigenvalue weighted by molar-refractivity contribution is 0.127. The quantitative estimate of drug-likeness (QED) is 0.792. The van der Waals surface area contributed by atoms with Gasteiger partial charge in [0.1, 0.15) is 0 Å². The standard InChI is InChI=1S/C13H23NOS/c1-5-15-9-10(2)14-7-6-13-8-11(3)16-12(13)4/h8,10,14H,5-7,9H2,1-4H3. The van der Waals surface area contributed by atoms with Crippen molar-refractivity contribution < 1.29 is 4.74 Å². The lowest BCUT2D eigenvalue weighted by Crippen LogP contribution is -2.32. The normalized spacial score (nSPS) is 13.0. The van der Waals surface area contributed by atoms with Gasteiger partial charge in [-0.05, 0) is 52.3 Å². The molecule has 92 valence electrons. The van der Waals surface area contributed by atoms with Crippen LogP contribution in [0.15, 0.2) is 6.07 Å². The minimum absolute atomic E-state index is 0.444. The monoisotopic (exact) mass is 241 g/mol. The summed E-state index contributed by atoms with van der Waals surface area (Å²) in [5, 5.41) is 3.48. The zero-order valence-electron chi connectivity index (χ0n) is 10.8. The first-order chi connectivity index (χ1) is 7.63. The van der Waals surface area contributed by atoms with Crippen LogP contribution in [0.1, 0.15) is 29.2 Å². The molecule has 1 aromatic heterocycles. The second kappa shape index (κ2) is 7.05. The molecule has 0 spiro atoms. The van der Waals surface area contributed by atoms with Gasteiger partial charge in [0.05, 0.1) is 6.61 Å². The first-order valence-electron chi connectivity index (χ1n) is 6.00. The van der Waals surface area contributed by atoms with E-state index in [-0.39, 0.29) is 0 Å². The van der Waals surface area contributed by atoms with Gasteiger partial charge in [-0.1, -0.05) is 0 Å². The molecule has 1 atom stereocenters. The minimum Gasteiger partial charge on any atom is -0.380 e. The summed E-state index contributed by atoms with van der Waals surface area (Å²) in [7, 11) is 0. The van der Waals surface area contributed by atoms with Crippen molar-refractivity contribution in [1.29, 1.82) is 0 Å². The lowest BCUT2D eigenvalue weighted by Gasteiger charge is -2.13. The van der Waals surface area contributed by atoms with Crippen LogP contribution in [-0.4, -0.2) is 25.8 Å². The van der Waals surface area contributed by atoms with E-state index in [2.05, 4.69) is 32.2 Å². The van der Waals surface area contributed by atoms with E-state index in [1.807, 2.05) is 18.3 Å². The molecule has 2 nitrogen and oxygen atoms in total. The number of ether oxygens (including phenoxy) is 1. The molecule has 16 heavy (non-hydrogen) atoms. The molecule has 1 unspecified atom stereocenters. The molecule has 1 N–H and O–H groups in total. The molecule has 0 aromatic carbocycles. The van der Waals surface area contributed by atoms with E-state index in [1.54, 1.807) is 0 Å². The van der Waals surface area contributed by atoms with Gasteiger partial charge in [0.2, 0.25) is 0 Å². The van der Waals surface area contributed by atoms with Crippen LogP contribution in [0.5, 0.6) is 0 Å². The van der Waals surface area contributed by atoms with E-state index in [1.165, 1.54) is 15.3 Å². The van der Waals surface area contributed by atoms with Crippen molar-refractivity contribution in [2.75, 3.05) is 19.8 Å². The SMILES string of the molecule is CCOCC(C)NCCc1cc(C)sc1C. The van der Waals surface area contributed by atoms with Gasteiger partial charge in [0.15, 0.2) is 0 Å². The van der Waals surface area contributed by atoms with E-state index in [4.69, 9.17) is 4.74 Å². The molecule has 0 aliphatic heterocycles. The van der Waals surface area contributed by atoms with Gasteiger partial charge in [-0.3, -0.25) is 0 Å². The highest BCUT2D eigenvalue weighted by Gasteiger charge is 2.04. The molecule has 0 saturated carbocycles.